The summed E-state index contributed by atoms with van der Waals surface area (Å²) in [5.74, 6) is 0.751. The minimum atomic E-state index is -0.503. The second-order valence-corrected chi connectivity index (χ2v) is 8.61. The van der Waals surface area contributed by atoms with Gasteiger partial charge in [0.1, 0.15) is 29.7 Å². The lowest BCUT2D eigenvalue weighted by molar-refractivity contribution is -0.112. The molecule has 3 rings (SSSR count). The molecule has 1 N–H and O–H groups in total. The lowest BCUT2D eigenvalue weighted by Crippen LogP contribution is -2.13. The maximum Gasteiger partial charge on any atom is 0.266 e. The van der Waals surface area contributed by atoms with Crippen LogP contribution in [0.2, 0.25) is 0 Å². The Morgan fingerprint density at radius 2 is 1.84 bits per heavy atom. The number of rotatable bonds is 7. The Bertz CT molecular complexity index is 1140. The van der Waals surface area contributed by atoms with Gasteiger partial charge in [0.25, 0.3) is 5.91 Å². The fourth-order valence-electron chi connectivity index (χ4n) is 2.68. The number of amides is 1. The van der Waals surface area contributed by atoms with E-state index < -0.39 is 5.91 Å². The molecule has 156 valence electrons. The molecule has 3 aromatic carbocycles. The van der Waals surface area contributed by atoms with Crippen molar-refractivity contribution in [2.45, 2.75) is 6.61 Å². The number of carbonyl (C=O) groups excluding carboxylic acids is 1. The minimum Gasteiger partial charge on any atom is -0.497 e. The number of carbonyl (C=O) groups is 1. The first kappa shape index (κ1) is 22.8. The number of halogens is 2. The zero-order valence-corrected chi connectivity index (χ0v) is 20.3. The van der Waals surface area contributed by atoms with E-state index in [1.807, 2.05) is 36.4 Å². The number of benzene rings is 3. The molecule has 0 aliphatic carbocycles. The van der Waals surface area contributed by atoms with Crippen molar-refractivity contribution in [2.24, 2.45) is 0 Å². The molecule has 3 aromatic rings. The van der Waals surface area contributed by atoms with Gasteiger partial charge in [-0.15, -0.1) is 0 Å². The van der Waals surface area contributed by atoms with E-state index >= 15 is 0 Å². The highest BCUT2D eigenvalue weighted by Gasteiger charge is 2.12. The van der Waals surface area contributed by atoms with Crippen molar-refractivity contribution in [3.8, 4) is 17.6 Å². The van der Waals surface area contributed by atoms with E-state index in [1.165, 1.54) is 6.08 Å². The molecular formula is C24H18BrIN2O3. The van der Waals surface area contributed by atoms with Gasteiger partial charge < -0.3 is 14.8 Å². The van der Waals surface area contributed by atoms with Crippen molar-refractivity contribution in [3.63, 3.8) is 0 Å². The van der Waals surface area contributed by atoms with Gasteiger partial charge in [-0.2, -0.15) is 5.26 Å². The Kier molecular flexibility index (Phi) is 8.09. The average Bonchev–Trinajstić information content (AvgIpc) is 2.78. The zero-order chi connectivity index (χ0) is 22.2. The quantitative estimate of drug-likeness (QED) is 0.203. The van der Waals surface area contributed by atoms with Gasteiger partial charge in [-0.3, -0.25) is 4.79 Å². The molecule has 0 atom stereocenters. The van der Waals surface area contributed by atoms with Crippen LogP contribution in [0.25, 0.3) is 6.08 Å². The van der Waals surface area contributed by atoms with Crippen LogP contribution < -0.4 is 14.8 Å². The first-order valence-corrected chi connectivity index (χ1v) is 11.1. The average molecular weight is 589 g/mol. The van der Waals surface area contributed by atoms with Gasteiger partial charge in [0.05, 0.1) is 7.11 Å². The van der Waals surface area contributed by atoms with E-state index in [1.54, 1.807) is 43.5 Å². The minimum absolute atomic E-state index is 0.0342. The number of methoxy groups -OCH3 is 1. The summed E-state index contributed by atoms with van der Waals surface area (Å²) in [7, 11) is 1.57. The van der Waals surface area contributed by atoms with Gasteiger partial charge in [0.15, 0.2) is 0 Å². The highest BCUT2D eigenvalue weighted by molar-refractivity contribution is 14.1. The van der Waals surface area contributed by atoms with E-state index in [0.717, 1.165) is 13.6 Å². The molecule has 0 aliphatic heterocycles. The molecule has 0 aliphatic rings. The molecule has 0 aromatic heterocycles. The van der Waals surface area contributed by atoms with E-state index in [2.05, 4.69) is 43.8 Å². The third kappa shape index (κ3) is 6.57. The smallest absolute Gasteiger partial charge is 0.266 e. The molecular weight excluding hydrogens is 571 g/mol. The highest BCUT2D eigenvalue weighted by atomic mass is 127. The molecule has 7 heteroatoms. The first-order chi connectivity index (χ1) is 15.0. The number of nitrogens with one attached hydrogen (secondary N) is 1. The van der Waals surface area contributed by atoms with Gasteiger partial charge in [-0.05, 0) is 88.8 Å². The van der Waals surface area contributed by atoms with Crippen LogP contribution in [-0.4, -0.2) is 13.0 Å². The SMILES string of the molecule is COc1ccc(NC(=O)/C(C#N)=C/c2cc(Br)ccc2OCc2ccc(I)cc2)cc1. The van der Waals surface area contributed by atoms with Gasteiger partial charge in [-0.25, -0.2) is 0 Å². The highest BCUT2D eigenvalue weighted by Crippen LogP contribution is 2.27. The molecule has 0 saturated carbocycles. The van der Waals surface area contributed by atoms with Crippen molar-refractivity contribution in [1.29, 1.82) is 5.26 Å². The van der Waals surface area contributed by atoms with Crippen LogP contribution in [0.4, 0.5) is 5.69 Å². The van der Waals surface area contributed by atoms with Crippen molar-refractivity contribution < 1.29 is 14.3 Å². The van der Waals surface area contributed by atoms with Crippen molar-refractivity contribution in [1.82, 2.24) is 0 Å². The van der Waals surface area contributed by atoms with Gasteiger partial charge in [0, 0.05) is 19.3 Å². The topological polar surface area (TPSA) is 71.3 Å². The summed E-state index contributed by atoms with van der Waals surface area (Å²) in [6.07, 6.45) is 1.52. The predicted molar refractivity (Wildman–Crippen MR) is 133 cm³/mol. The fraction of sp³-hybridized carbons (Fsp3) is 0.0833. The number of hydrogen-bond donors (Lipinski definition) is 1. The first-order valence-electron chi connectivity index (χ1n) is 9.22. The molecule has 1 amide bonds. The molecule has 0 saturated heterocycles. The molecule has 0 fully saturated rings. The van der Waals surface area contributed by atoms with E-state index in [4.69, 9.17) is 9.47 Å². The number of nitriles is 1. The fourth-order valence-corrected chi connectivity index (χ4v) is 3.42. The van der Waals surface area contributed by atoms with Gasteiger partial charge >= 0.3 is 0 Å². The van der Waals surface area contributed by atoms with Gasteiger partial charge in [-0.1, -0.05) is 28.1 Å². The summed E-state index contributed by atoms with van der Waals surface area (Å²) >= 11 is 5.69. The summed E-state index contributed by atoms with van der Waals surface area (Å²) in [5.41, 5.74) is 2.18. The number of ether oxygens (including phenoxy) is 2. The summed E-state index contributed by atoms with van der Waals surface area (Å²) < 4.78 is 13.0. The number of anilines is 1. The Labute approximate surface area is 203 Å². The normalized spacial score (nSPS) is 10.8. The Morgan fingerprint density at radius 1 is 1.13 bits per heavy atom. The van der Waals surface area contributed by atoms with Gasteiger partial charge in [0.2, 0.25) is 0 Å². The van der Waals surface area contributed by atoms with Crippen molar-refractivity contribution >= 4 is 56.2 Å². The third-order valence-corrected chi connectivity index (χ3v) is 5.50. The van der Waals surface area contributed by atoms with Crippen molar-refractivity contribution in [3.05, 3.63) is 91.5 Å². The van der Waals surface area contributed by atoms with Crippen molar-refractivity contribution in [2.75, 3.05) is 12.4 Å². The largest absolute Gasteiger partial charge is 0.497 e. The molecule has 0 unspecified atom stereocenters. The Balaban J connectivity index is 1.80. The van der Waals surface area contributed by atoms with Crippen LogP contribution in [0.3, 0.4) is 0 Å². The van der Waals surface area contributed by atoms with E-state index in [0.29, 0.717) is 29.4 Å². The summed E-state index contributed by atoms with van der Waals surface area (Å²) in [6.45, 7) is 0.374. The molecule has 0 spiro atoms. The third-order valence-electron chi connectivity index (χ3n) is 4.29. The molecule has 0 heterocycles. The predicted octanol–water partition coefficient (Wildman–Crippen LogP) is 6.19. The van der Waals surface area contributed by atoms with Crippen LogP contribution in [-0.2, 0) is 11.4 Å². The number of nitrogens with zero attached hydrogens (tertiary/aromatic N) is 1. The lowest BCUT2D eigenvalue weighted by Gasteiger charge is -2.11. The molecule has 31 heavy (non-hydrogen) atoms. The standard InChI is InChI=1S/C24H18BrIN2O3/c1-30-22-9-7-21(8-10-22)28-24(29)18(14-27)12-17-13-19(25)4-11-23(17)31-15-16-2-5-20(26)6-3-16/h2-13H,15H2,1H3,(H,28,29)/b18-12+. The molecule has 0 radical (unpaired) electrons. The Morgan fingerprint density at radius 3 is 2.48 bits per heavy atom. The van der Waals surface area contributed by atoms with E-state index in [9.17, 15) is 10.1 Å². The Hall–Kier alpha value is -2.83. The second-order valence-electron chi connectivity index (χ2n) is 6.45. The summed E-state index contributed by atoms with van der Waals surface area (Å²) in [5, 5.41) is 12.3. The zero-order valence-electron chi connectivity index (χ0n) is 16.6. The van der Waals surface area contributed by atoms with Crippen LogP contribution in [0.15, 0.2) is 76.8 Å². The lowest BCUT2D eigenvalue weighted by atomic mass is 10.1. The van der Waals surface area contributed by atoms with Crippen LogP contribution in [0.1, 0.15) is 11.1 Å². The monoisotopic (exact) mass is 588 g/mol. The maximum absolute atomic E-state index is 12.6. The maximum atomic E-state index is 12.6. The van der Waals surface area contributed by atoms with Crippen LogP contribution >= 0.6 is 38.5 Å². The number of hydrogen-bond acceptors (Lipinski definition) is 4. The molecule has 0 bridgehead atoms. The van der Waals surface area contributed by atoms with E-state index in [-0.39, 0.29) is 5.57 Å². The second kappa shape index (κ2) is 11.0. The molecule has 5 nitrogen and oxygen atoms in total. The van der Waals surface area contributed by atoms with Crippen LogP contribution in [0, 0.1) is 14.9 Å². The summed E-state index contributed by atoms with van der Waals surface area (Å²) in [4.78, 5) is 12.6. The summed E-state index contributed by atoms with van der Waals surface area (Å²) in [6, 6.07) is 22.3. The van der Waals surface area contributed by atoms with Crippen LogP contribution in [0.5, 0.6) is 11.5 Å².